The molecule has 1 saturated heterocycles. The molecule has 1 heterocycles. The average Bonchev–Trinajstić information content (AvgIpc) is 3.49. The minimum Gasteiger partial charge on any atom is -0.344 e. The van der Waals surface area contributed by atoms with Gasteiger partial charge < -0.3 is 10.2 Å². The number of hydrogen-bond donors (Lipinski definition) is 1. The Morgan fingerprint density at radius 3 is 2.45 bits per heavy atom. The van der Waals surface area contributed by atoms with Crippen molar-refractivity contribution in [3.05, 3.63) is 35.9 Å². The second-order valence-corrected chi connectivity index (χ2v) is 10.4. The van der Waals surface area contributed by atoms with Crippen molar-refractivity contribution in [3.63, 3.8) is 0 Å². The lowest BCUT2D eigenvalue weighted by molar-refractivity contribution is -0.139. The minimum atomic E-state index is -3.39. The topological polar surface area (TPSA) is 101 Å². The first-order valence-electron chi connectivity index (χ1n) is 9.98. The molecule has 0 bridgehead atoms. The Bertz CT molecular complexity index is 893. The molecule has 0 spiro atoms. The van der Waals surface area contributed by atoms with Crippen LogP contribution in [0.2, 0.25) is 0 Å². The second-order valence-electron chi connectivity index (χ2n) is 8.30. The molecule has 1 aliphatic carbocycles. The molecule has 1 aromatic rings. The van der Waals surface area contributed by atoms with Crippen LogP contribution in [0.3, 0.4) is 0 Å². The summed E-state index contributed by atoms with van der Waals surface area (Å²) in [6.45, 7) is 2.37. The third kappa shape index (κ3) is 5.04. The first kappa shape index (κ1) is 21.5. The fraction of sp³-hybridized carbons (Fsp3) is 0.571. The maximum Gasteiger partial charge on any atom is 0.244 e. The lowest BCUT2D eigenvalue weighted by Crippen LogP contribution is -2.52. The van der Waals surface area contributed by atoms with Gasteiger partial charge in [0.25, 0.3) is 0 Å². The molecular formula is C21H28N2O5S. The molecule has 1 aromatic carbocycles. The Labute approximate surface area is 171 Å². The normalized spacial score (nSPS) is 21.9. The summed E-state index contributed by atoms with van der Waals surface area (Å²) < 4.78 is 22.8. The molecule has 0 unspecified atom stereocenters. The van der Waals surface area contributed by atoms with E-state index >= 15 is 0 Å². The van der Waals surface area contributed by atoms with Crippen molar-refractivity contribution in [1.82, 2.24) is 10.2 Å². The molecular weight excluding hydrogens is 392 g/mol. The zero-order valence-electron chi connectivity index (χ0n) is 16.9. The van der Waals surface area contributed by atoms with Gasteiger partial charge in [-0.05, 0) is 38.2 Å². The van der Waals surface area contributed by atoms with Gasteiger partial charge in [0.15, 0.2) is 15.6 Å². The van der Waals surface area contributed by atoms with Gasteiger partial charge >= 0.3 is 0 Å². The van der Waals surface area contributed by atoms with Gasteiger partial charge in [0.05, 0.1) is 5.41 Å². The lowest BCUT2D eigenvalue weighted by Gasteiger charge is -2.34. The number of nitrogens with one attached hydrogen (secondary N) is 1. The molecule has 2 fully saturated rings. The fourth-order valence-corrected chi connectivity index (χ4v) is 4.77. The molecule has 8 heteroatoms. The SMILES string of the molecule is C[C@@H](NC(=O)C1(c2ccccc2)CC1)C(=O)N1CCC[C@H](C(=O)CS(C)(=O)=O)C1. The van der Waals surface area contributed by atoms with E-state index in [4.69, 9.17) is 0 Å². The molecule has 0 radical (unpaired) electrons. The number of amides is 2. The third-order valence-electron chi connectivity index (χ3n) is 5.82. The van der Waals surface area contributed by atoms with Crippen LogP contribution in [0.25, 0.3) is 0 Å². The molecule has 2 aliphatic rings. The van der Waals surface area contributed by atoms with Gasteiger partial charge in [-0.3, -0.25) is 14.4 Å². The average molecular weight is 421 g/mol. The van der Waals surface area contributed by atoms with Crippen molar-refractivity contribution < 1.29 is 22.8 Å². The largest absolute Gasteiger partial charge is 0.344 e. The van der Waals surface area contributed by atoms with E-state index in [0.717, 1.165) is 24.7 Å². The Kier molecular flexibility index (Phi) is 6.12. The highest BCUT2D eigenvalue weighted by Crippen LogP contribution is 2.48. The molecule has 29 heavy (non-hydrogen) atoms. The van der Waals surface area contributed by atoms with Crippen LogP contribution >= 0.6 is 0 Å². The van der Waals surface area contributed by atoms with E-state index in [2.05, 4.69) is 5.32 Å². The van der Waals surface area contributed by atoms with Gasteiger partial charge in [-0.2, -0.15) is 0 Å². The van der Waals surface area contributed by atoms with E-state index in [1.165, 1.54) is 0 Å². The van der Waals surface area contributed by atoms with Gasteiger partial charge in [-0.15, -0.1) is 0 Å². The van der Waals surface area contributed by atoms with Crippen LogP contribution in [-0.4, -0.2) is 62.1 Å². The highest BCUT2D eigenvalue weighted by Gasteiger charge is 2.51. The first-order valence-corrected chi connectivity index (χ1v) is 12.0. The summed E-state index contributed by atoms with van der Waals surface area (Å²) in [4.78, 5) is 39.5. The molecule has 7 nitrogen and oxygen atoms in total. The van der Waals surface area contributed by atoms with Crippen LogP contribution < -0.4 is 5.32 Å². The van der Waals surface area contributed by atoms with E-state index in [1.807, 2.05) is 30.3 Å². The smallest absolute Gasteiger partial charge is 0.244 e. The summed E-state index contributed by atoms with van der Waals surface area (Å²) in [6.07, 6.45) is 3.77. The number of carbonyl (C=O) groups is 3. The van der Waals surface area contributed by atoms with E-state index in [-0.39, 0.29) is 24.1 Å². The van der Waals surface area contributed by atoms with Crippen LogP contribution in [0, 0.1) is 5.92 Å². The number of nitrogens with zero attached hydrogens (tertiary/aromatic N) is 1. The first-order chi connectivity index (χ1) is 13.6. The van der Waals surface area contributed by atoms with Crippen LogP contribution in [0.15, 0.2) is 30.3 Å². The Hall–Kier alpha value is -2.22. The third-order valence-corrected chi connectivity index (χ3v) is 6.63. The van der Waals surface area contributed by atoms with Crippen LogP contribution in [0.5, 0.6) is 0 Å². The van der Waals surface area contributed by atoms with Gasteiger partial charge in [0, 0.05) is 25.3 Å². The van der Waals surface area contributed by atoms with Gasteiger partial charge in [-0.25, -0.2) is 8.42 Å². The van der Waals surface area contributed by atoms with Crippen molar-refractivity contribution in [2.45, 2.75) is 44.1 Å². The zero-order chi connectivity index (χ0) is 21.2. The quantitative estimate of drug-likeness (QED) is 0.711. The standard InChI is InChI=1S/C21H28N2O5S/c1-15(22-20(26)21(10-11-21)17-8-4-3-5-9-17)19(25)23-12-6-7-16(13-23)18(24)14-29(2,27)28/h3-5,8-9,15-16H,6-7,10-14H2,1-2H3,(H,22,26)/t15-,16+/m1/s1. The van der Waals surface area contributed by atoms with Crippen molar-refractivity contribution in [3.8, 4) is 0 Å². The summed E-state index contributed by atoms with van der Waals surface area (Å²) >= 11 is 0. The minimum absolute atomic E-state index is 0.147. The predicted molar refractivity (Wildman–Crippen MR) is 109 cm³/mol. The Balaban J connectivity index is 1.60. The summed E-state index contributed by atoms with van der Waals surface area (Å²) in [5.74, 6) is -1.69. The summed E-state index contributed by atoms with van der Waals surface area (Å²) in [5, 5.41) is 2.85. The highest BCUT2D eigenvalue weighted by atomic mass is 32.2. The van der Waals surface area contributed by atoms with Crippen molar-refractivity contribution in [2.75, 3.05) is 25.1 Å². The van der Waals surface area contributed by atoms with E-state index in [0.29, 0.717) is 19.4 Å². The van der Waals surface area contributed by atoms with Crippen LogP contribution in [-0.2, 0) is 29.6 Å². The molecule has 3 rings (SSSR count). The zero-order valence-corrected chi connectivity index (χ0v) is 17.7. The fourth-order valence-electron chi connectivity index (χ4n) is 4.02. The number of carbonyl (C=O) groups excluding carboxylic acids is 3. The number of benzene rings is 1. The molecule has 0 aromatic heterocycles. The molecule has 2 amide bonds. The summed E-state index contributed by atoms with van der Waals surface area (Å²) in [7, 11) is -3.39. The number of Topliss-reactive ketones (excluding diaryl/α,β-unsaturated/α-hetero) is 1. The lowest BCUT2D eigenvalue weighted by atomic mass is 9.93. The maximum atomic E-state index is 12.9. The number of rotatable bonds is 7. The van der Waals surface area contributed by atoms with E-state index < -0.39 is 33.0 Å². The van der Waals surface area contributed by atoms with Crippen molar-refractivity contribution in [2.24, 2.45) is 5.92 Å². The number of sulfone groups is 1. The maximum absolute atomic E-state index is 12.9. The monoisotopic (exact) mass is 420 g/mol. The number of ketones is 1. The number of hydrogen-bond acceptors (Lipinski definition) is 5. The van der Waals surface area contributed by atoms with Gasteiger partial charge in [-0.1, -0.05) is 30.3 Å². The predicted octanol–water partition coefficient (Wildman–Crippen LogP) is 1.08. The second kappa shape index (κ2) is 8.26. The molecule has 2 atom stereocenters. The molecule has 1 aliphatic heterocycles. The van der Waals surface area contributed by atoms with Crippen molar-refractivity contribution >= 4 is 27.4 Å². The number of likely N-dealkylation sites (tertiary alicyclic amines) is 1. The van der Waals surface area contributed by atoms with Crippen LogP contribution in [0.1, 0.15) is 38.2 Å². The molecule has 158 valence electrons. The van der Waals surface area contributed by atoms with Gasteiger partial charge in [0.1, 0.15) is 11.8 Å². The van der Waals surface area contributed by atoms with Gasteiger partial charge in [0.2, 0.25) is 11.8 Å². The summed E-state index contributed by atoms with van der Waals surface area (Å²) in [6, 6.07) is 8.87. The number of piperidine rings is 1. The van der Waals surface area contributed by atoms with Crippen LogP contribution in [0.4, 0.5) is 0 Å². The van der Waals surface area contributed by atoms with E-state index in [9.17, 15) is 22.8 Å². The highest BCUT2D eigenvalue weighted by molar-refractivity contribution is 7.91. The molecule has 1 N–H and O–H groups in total. The van der Waals surface area contributed by atoms with E-state index in [1.54, 1.807) is 11.8 Å². The van der Waals surface area contributed by atoms with Crippen molar-refractivity contribution in [1.29, 1.82) is 0 Å². The Morgan fingerprint density at radius 2 is 1.86 bits per heavy atom. The summed E-state index contributed by atoms with van der Waals surface area (Å²) in [5.41, 5.74) is 0.410. The molecule has 1 saturated carbocycles. The Morgan fingerprint density at radius 1 is 1.21 bits per heavy atom.